The Kier molecular flexibility index (Phi) is 1.91. The first kappa shape index (κ1) is 8.24. The normalized spacial score (nSPS) is 30.7. The van der Waals surface area contributed by atoms with Gasteiger partial charge in [0.2, 0.25) is 0 Å². The zero-order chi connectivity index (χ0) is 9.38. The van der Waals surface area contributed by atoms with Crippen LogP contribution in [-0.4, -0.2) is 30.7 Å². The van der Waals surface area contributed by atoms with Crippen molar-refractivity contribution in [1.82, 2.24) is 10.3 Å². The summed E-state index contributed by atoms with van der Waals surface area (Å²) in [5.74, 6) is 0.933. The molecule has 2 aliphatic heterocycles. The third-order valence-electron chi connectivity index (χ3n) is 3.41. The standard InChI is InChI=1S/C11H15N3/c1-2-10(7-12-4-1)14-5-3-9-6-13-11(9)8-14/h1-2,4,7,9,11,13H,3,5-6,8H2/t9-,11-/m1/s1. The summed E-state index contributed by atoms with van der Waals surface area (Å²) in [6.07, 6.45) is 5.11. The molecule has 2 aliphatic rings. The predicted octanol–water partition coefficient (Wildman–Crippen LogP) is 0.880. The van der Waals surface area contributed by atoms with Gasteiger partial charge in [-0.3, -0.25) is 4.98 Å². The van der Waals surface area contributed by atoms with E-state index in [2.05, 4.69) is 21.3 Å². The van der Waals surface area contributed by atoms with Crippen molar-refractivity contribution in [3.05, 3.63) is 24.5 Å². The van der Waals surface area contributed by atoms with Gasteiger partial charge in [0.1, 0.15) is 0 Å². The molecule has 74 valence electrons. The van der Waals surface area contributed by atoms with E-state index in [4.69, 9.17) is 0 Å². The van der Waals surface area contributed by atoms with Gasteiger partial charge in [-0.2, -0.15) is 0 Å². The van der Waals surface area contributed by atoms with Crippen molar-refractivity contribution in [1.29, 1.82) is 0 Å². The van der Waals surface area contributed by atoms with Crippen LogP contribution in [0.25, 0.3) is 0 Å². The molecule has 0 bridgehead atoms. The Morgan fingerprint density at radius 1 is 1.50 bits per heavy atom. The molecule has 3 heteroatoms. The summed E-state index contributed by atoms with van der Waals surface area (Å²) < 4.78 is 0. The molecule has 0 saturated carbocycles. The van der Waals surface area contributed by atoms with E-state index in [1.807, 2.05) is 18.5 Å². The average Bonchev–Trinajstić information content (AvgIpc) is 2.21. The first-order chi connectivity index (χ1) is 6.93. The highest BCUT2D eigenvalue weighted by Crippen LogP contribution is 2.26. The second-order valence-electron chi connectivity index (χ2n) is 4.22. The Balaban J connectivity index is 1.74. The van der Waals surface area contributed by atoms with Crippen molar-refractivity contribution >= 4 is 5.69 Å². The first-order valence-electron chi connectivity index (χ1n) is 5.32. The van der Waals surface area contributed by atoms with Crippen LogP contribution in [0, 0.1) is 5.92 Å². The van der Waals surface area contributed by atoms with Gasteiger partial charge < -0.3 is 10.2 Å². The molecule has 0 amide bonds. The monoisotopic (exact) mass is 189 g/mol. The molecule has 0 spiro atoms. The number of nitrogens with zero attached hydrogens (tertiary/aromatic N) is 2. The summed E-state index contributed by atoms with van der Waals surface area (Å²) in [6.45, 7) is 3.57. The maximum absolute atomic E-state index is 4.16. The lowest BCUT2D eigenvalue weighted by Gasteiger charge is -2.46. The molecular weight excluding hydrogens is 174 g/mol. The molecule has 1 aromatic heterocycles. The number of rotatable bonds is 1. The zero-order valence-electron chi connectivity index (χ0n) is 8.19. The van der Waals surface area contributed by atoms with E-state index >= 15 is 0 Å². The minimum absolute atomic E-state index is 0.726. The van der Waals surface area contributed by atoms with E-state index in [0.29, 0.717) is 0 Å². The summed E-state index contributed by atoms with van der Waals surface area (Å²) in [7, 11) is 0. The molecule has 1 aromatic rings. The van der Waals surface area contributed by atoms with Crippen LogP contribution >= 0.6 is 0 Å². The van der Waals surface area contributed by atoms with Gasteiger partial charge in [-0.05, 0) is 31.0 Å². The lowest BCUT2D eigenvalue weighted by Crippen LogP contribution is -2.62. The molecule has 0 aromatic carbocycles. The summed E-state index contributed by atoms with van der Waals surface area (Å²) in [5, 5.41) is 3.49. The molecule has 2 atom stereocenters. The molecule has 0 aliphatic carbocycles. The molecule has 2 fully saturated rings. The molecule has 14 heavy (non-hydrogen) atoms. The number of anilines is 1. The van der Waals surface area contributed by atoms with Gasteiger partial charge in [-0.1, -0.05) is 0 Å². The highest BCUT2D eigenvalue weighted by Gasteiger charge is 2.35. The average molecular weight is 189 g/mol. The van der Waals surface area contributed by atoms with E-state index < -0.39 is 0 Å². The minimum Gasteiger partial charge on any atom is -0.369 e. The van der Waals surface area contributed by atoms with Gasteiger partial charge in [0, 0.05) is 25.3 Å². The molecule has 1 N–H and O–H groups in total. The van der Waals surface area contributed by atoms with Gasteiger partial charge in [0.15, 0.2) is 0 Å². The van der Waals surface area contributed by atoms with Crippen molar-refractivity contribution in [2.24, 2.45) is 5.92 Å². The molecular formula is C11H15N3. The van der Waals surface area contributed by atoms with Crippen LogP contribution in [0.5, 0.6) is 0 Å². The number of aromatic nitrogens is 1. The van der Waals surface area contributed by atoms with Gasteiger partial charge in [0.25, 0.3) is 0 Å². The fourth-order valence-corrected chi connectivity index (χ4v) is 2.39. The number of hydrogen-bond acceptors (Lipinski definition) is 3. The zero-order valence-corrected chi connectivity index (χ0v) is 8.19. The fourth-order valence-electron chi connectivity index (χ4n) is 2.39. The van der Waals surface area contributed by atoms with Crippen LogP contribution in [0.2, 0.25) is 0 Å². The van der Waals surface area contributed by atoms with Crippen LogP contribution in [0.15, 0.2) is 24.5 Å². The summed E-state index contributed by atoms with van der Waals surface area (Å²) in [6, 6.07) is 4.88. The summed E-state index contributed by atoms with van der Waals surface area (Å²) >= 11 is 0. The van der Waals surface area contributed by atoms with E-state index in [1.165, 1.54) is 25.2 Å². The number of nitrogens with one attached hydrogen (secondary N) is 1. The van der Waals surface area contributed by atoms with E-state index in [-0.39, 0.29) is 0 Å². The highest BCUT2D eigenvalue weighted by atomic mass is 15.2. The van der Waals surface area contributed by atoms with Gasteiger partial charge in [-0.25, -0.2) is 0 Å². The quantitative estimate of drug-likeness (QED) is 0.711. The summed E-state index contributed by atoms with van der Waals surface area (Å²) in [4.78, 5) is 6.59. The van der Waals surface area contributed by atoms with Crippen molar-refractivity contribution in [3.8, 4) is 0 Å². The van der Waals surface area contributed by atoms with Crippen molar-refractivity contribution in [2.75, 3.05) is 24.5 Å². The SMILES string of the molecule is c1cncc(N2CC[C@@H]3CN[C@@H]3C2)c1. The van der Waals surface area contributed by atoms with Gasteiger partial charge in [0.05, 0.1) is 11.9 Å². The Labute approximate surface area is 84.1 Å². The topological polar surface area (TPSA) is 28.2 Å². The third kappa shape index (κ3) is 1.28. The van der Waals surface area contributed by atoms with E-state index in [0.717, 1.165) is 18.5 Å². The Morgan fingerprint density at radius 2 is 2.50 bits per heavy atom. The van der Waals surface area contributed by atoms with Crippen molar-refractivity contribution in [3.63, 3.8) is 0 Å². The molecule has 3 heterocycles. The first-order valence-corrected chi connectivity index (χ1v) is 5.32. The van der Waals surface area contributed by atoms with Crippen LogP contribution in [0.1, 0.15) is 6.42 Å². The number of fused-ring (bicyclic) bond motifs is 1. The molecule has 2 saturated heterocycles. The predicted molar refractivity (Wildman–Crippen MR) is 56.3 cm³/mol. The summed E-state index contributed by atoms with van der Waals surface area (Å²) in [5.41, 5.74) is 1.26. The van der Waals surface area contributed by atoms with Crippen LogP contribution in [-0.2, 0) is 0 Å². The van der Waals surface area contributed by atoms with Crippen molar-refractivity contribution in [2.45, 2.75) is 12.5 Å². The molecule has 0 radical (unpaired) electrons. The van der Waals surface area contributed by atoms with Gasteiger partial charge in [-0.15, -0.1) is 0 Å². The van der Waals surface area contributed by atoms with Crippen LogP contribution in [0.3, 0.4) is 0 Å². The molecule has 3 rings (SSSR count). The minimum atomic E-state index is 0.726. The Hall–Kier alpha value is -1.09. The van der Waals surface area contributed by atoms with Gasteiger partial charge >= 0.3 is 0 Å². The maximum Gasteiger partial charge on any atom is 0.0553 e. The maximum atomic E-state index is 4.16. The molecule has 0 unspecified atom stereocenters. The van der Waals surface area contributed by atoms with E-state index in [9.17, 15) is 0 Å². The van der Waals surface area contributed by atoms with Crippen molar-refractivity contribution < 1.29 is 0 Å². The largest absolute Gasteiger partial charge is 0.369 e. The number of pyridine rings is 1. The number of hydrogen-bond donors (Lipinski definition) is 1. The second kappa shape index (κ2) is 3.24. The highest BCUT2D eigenvalue weighted by molar-refractivity contribution is 5.44. The van der Waals surface area contributed by atoms with Crippen LogP contribution in [0.4, 0.5) is 5.69 Å². The number of piperidine rings is 1. The fraction of sp³-hybridized carbons (Fsp3) is 0.545. The lowest BCUT2D eigenvalue weighted by molar-refractivity contribution is 0.197. The van der Waals surface area contributed by atoms with E-state index in [1.54, 1.807) is 0 Å². The second-order valence-corrected chi connectivity index (χ2v) is 4.22. The smallest absolute Gasteiger partial charge is 0.0553 e. The van der Waals surface area contributed by atoms with Crippen LogP contribution < -0.4 is 10.2 Å². The Morgan fingerprint density at radius 3 is 3.14 bits per heavy atom. The molecule has 3 nitrogen and oxygen atoms in total. The lowest BCUT2D eigenvalue weighted by atomic mass is 9.85. The Bertz CT molecular complexity index is 312. The third-order valence-corrected chi connectivity index (χ3v) is 3.41.